The van der Waals surface area contributed by atoms with Gasteiger partial charge in [-0.3, -0.25) is 4.79 Å². The molecular formula is C19H19N5O2. The summed E-state index contributed by atoms with van der Waals surface area (Å²) in [4.78, 5) is 15.8. The molecule has 26 heavy (non-hydrogen) atoms. The first-order valence-corrected chi connectivity index (χ1v) is 8.10. The molecule has 0 aliphatic carbocycles. The summed E-state index contributed by atoms with van der Waals surface area (Å²) in [5.74, 6) is 0.342. The van der Waals surface area contributed by atoms with E-state index in [9.17, 15) is 4.79 Å². The summed E-state index contributed by atoms with van der Waals surface area (Å²) in [6.45, 7) is 3.70. The lowest BCUT2D eigenvalue weighted by Gasteiger charge is -2.07. The van der Waals surface area contributed by atoms with Crippen LogP contribution in [0.25, 0.3) is 5.69 Å². The fraction of sp³-hybridized carbons (Fsp3) is 0.158. The molecule has 7 heteroatoms. The molecule has 0 bridgehead atoms. The normalized spacial score (nSPS) is 11.2. The minimum Gasteiger partial charge on any atom is -0.484 e. The second-order valence-corrected chi connectivity index (χ2v) is 5.72. The van der Waals surface area contributed by atoms with Gasteiger partial charge < -0.3 is 4.74 Å². The van der Waals surface area contributed by atoms with E-state index in [-0.39, 0.29) is 12.5 Å². The summed E-state index contributed by atoms with van der Waals surface area (Å²) in [6.07, 6.45) is 3.11. The van der Waals surface area contributed by atoms with Crippen molar-refractivity contribution in [1.82, 2.24) is 20.2 Å². The summed E-state index contributed by atoms with van der Waals surface area (Å²) in [7, 11) is 0. The Morgan fingerprint density at radius 2 is 2.04 bits per heavy atom. The zero-order chi connectivity index (χ0) is 18.4. The van der Waals surface area contributed by atoms with E-state index < -0.39 is 0 Å². The predicted molar refractivity (Wildman–Crippen MR) is 98.4 cm³/mol. The number of aryl methyl sites for hydroxylation is 1. The summed E-state index contributed by atoms with van der Waals surface area (Å²) in [5.41, 5.74) is 6.07. The van der Waals surface area contributed by atoms with Crippen molar-refractivity contribution < 1.29 is 9.53 Å². The van der Waals surface area contributed by atoms with Crippen LogP contribution in [-0.4, -0.2) is 33.0 Å². The Morgan fingerprint density at radius 1 is 1.23 bits per heavy atom. The van der Waals surface area contributed by atoms with Gasteiger partial charge in [0.2, 0.25) is 0 Å². The Bertz CT molecular complexity index is 902. The van der Waals surface area contributed by atoms with Crippen molar-refractivity contribution >= 4 is 11.6 Å². The van der Waals surface area contributed by atoms with Gasteiger partial charge in [-0.15, -0.1) is 0 Å². The molecule has 3 aromatic rings. The topological polar surface area (TPSA) is 81.4 Å². The molecule has 1 aromatic heterocycles. The van der Waals surface area contributed by atoms with Gasteiger partial charge in [-0.1, -0.05) is 24.3 Å². The van der Waals surface area contributed by atoms with Crippen LogP contribution in [0.2, 0.25) is 0 Å². The second-order valence-electron chi connectivity index (χ2n) is 5.72. The van der Waals surface area contributed by atoms with Gasteiger partial charge in [-0.05, 0) is 49.2 Å². The molecule has 2 aromatic carbocycles. The van der Waals surface area contributed by atoms with Gasteiger partial charge in [0.25, 0.3) is 5.91 Å². The van der Waals surface area contributed by atoms with Gasteiger partial charge in [-0.25, -0.2) is 15.1 Å². The van der Waals surface area contributed by atoms with E-state index in [2.05, 4.69) is 20.6 Å². The number of hydrogen-bond donors (Lipinski definition) is 1. The molecule has 0 saturated heterocycles. The fourth-order valence-corrected chi connectivity index (χ4v) is 2.29. The number of nitrogens with zero attached hydrogens (tertiary/aromatic N) is 4. The van der Waals surface area contributed by atoms with Crippen molar-refractivity contribution in [2.24, 2.45) is 5.10 Å². The van der Waals surface area contributed by atoms with Crippen molar-refractivity contribution in [3.05, 3.63) is 72.3 Å². The number of rotatable bonds is 6. The van der Waals surface area contributed by atoms with Crippen LogP contribution in [0.3, 0.4) is 0 Å². The average molecular weight is 349 g/mol. The van der Waals surface area contributed by atoms with Crippen LogP contribution < -0.4 is 10.2 Å². The smallest absolute Gasteiger partial charge is 0.277 e. The Hall–Kier alpha value is -3.48. The highest BCUT2D eigenvalue weighted by atomic mass is 16.5. The first-order chi connectivity index (χ1) is 12.6. The zero-order valence-corrected chi connectivity index (χ0v) is 14.6. The van der Waals surface area contributed by atoms with Gasteiger partial charge in [0.1, 0.15) is 18.4 Å². The van der Waals surface area contributed by atoms with Crippen molar-refractivity contribution in [3.63, 3.8) is 0 Å². The molecule has 1 amide bonds. The third-order valence-corrected chi connectivity index (χ3v) is 3.68. The largest absolute Gasteiger partial charge is 0.484 e. The van der Waals surface area contributed by atoms with Crippen LogP contribution in [-0.2, 0) is 4.79 Å². The summed E-state index contributed by atoms with van der Waals surface area (Å²) in [6, 6.07) is 15.2. The number of benzene rings is 2. The zero-order valence-electron chi connectivity index (χ0n) is 14.6. The van der Waals surface area contributed by atoms with Crippen LogP contribution in [0.1, 0.15) is 18.1 Å². The van der Waals surface area contributed by atoms with Gasteiger partial charge >= 0.3 is 0 Å². The third-order valence-electron chi connectivity index (χ3n) is 3.68. The van der Waals surface area contributed by atoms with E-state index in [4.69, 9.17) is 4.74 Å². The van der Waals surface area contributed by atoms with Crippen molar-refractivity contribution in [3.8, 4) is 11.4 Å². The molecule has 7 nitrogen and oxygen atoms in total. The third kappa shape index (κ3) is 4.54. The average Bonchev–Trinajstić information content (AvgIpc) is 3.19. The predicted octanol–water partition coefficient (Wildman–Crippen LogP) is 2.49. The lowest BCUT2D eigenvalue weighted by atomic mass is 10.1. The van der Waals surface area contributed by atoms with E-state index in [1.54, 1.807) is 11.0 Å². The van der Waals surface area contributed by atoms with Crippen LogP contribution in [0, 0.1) is 6.92 Å². The van der Waals surface area contributed by atoms with Crippen LogP contribution >= 0.6 is 0 Å². The number of hydrogen-bond acceptors (Lipinski definition) is 5. The molecule has 0 unspecified atom stereocenters. The Labute approximate surface area is 151 Å². The first-order valence-electron chi connectivity index (χ1n) is 8.10. The standard InChI is InChI=1S/C19H19N5O2/c1-14-4-3-5-18(10-14)26-11-19(25)23-22-15(2)16-6-8-17(9-7-16)24-13-20-12-21-24/h3-10,12-13H,11H2,1-2H3,(H,23,25)/b22-15+. The molecular weight excluding hydrogens is 330 g/mol. The maximum absolute atomic E-state index is 11.9. The molecule has 0 aliphatic rings. The summed E-state index contributed by atoms with van der Waals surface area (Å²) < 4.78 is 7.11. The van der Waals surface area contributed by atoms with Crippen molar-refractivity contribution in [1.29, 1.82) is 0 Å². The van der Waals surface area contributed by atoms with E-state index in [0.717, 1.165) is 16.8 Å². The lowest BCUT2D eigenvalue weighted by Crippen LogP contribution is -2.25. The minimum atomic E-state index is -0.315. The molecule has 0 aliphatic heterocycles. The molecule has 0 atom stereocenters. The van der Waals surface area contributed by atoms with Gasteiger partial charge in [0, 0.05) is 0 Å². The van der Waals surface area contributed by atoms with Crippen LogP contribution in [0.5, 0.6) is 5.75 Å². The molecule has 132 valence electrons. The van der Waals surface area contributed by atoms with E-state index >= 15 is 0 Å². The van der Waals surface area contributed by atoms with Crippen LogP contribution in [0.15, 0.2) is 66.3 Å². The maximum atomic E-state index is 11.9. The number of carbonyl (C=O) groups excluding carboxylic acids is 1. The number of ether oxygens (including phenoxy) is 1. The molecule has 1 heterocycles. The van der Waals surface area contributed by atoms with Gasteiger partial charge in [0.05, 0.1) is 11.4 Å². The molecule has 1 N–H and O–H groups in total. The number of amides is 1. The molecule has 0 fully saturated rings. The first kappa shape index (κ1) is 17.3. The SMILES string of the molecule is C/C(=N\NC(=O)COc1cccc(C)c1)c1ccc(-n2cncn2)cc1. The van der Waals surface area contributed by atoms with Gasteiger partial charge in [0.15, 0.2) is 6.61 Å². The number of nitrogens with one attached hydrogen (secondary N) is 1. The van der Waals surface area contributed by atoms with E-state index in [0.29, 0.717) is 11.5 Å². The molecule has 3 rings (SSSR count). The molecule has 0 saturated carbocycles. The molecule has 0 spiro atoms. The van der Waals surface area contributed by atoms with E-state index in [1.807, 2.05) is 62.4 Å². The monoisotopic (exact) mass is 349 g/mol. The fourth-order valence-electron chi connectivity index (χ4n) is 2.29. The second kappa shape index (κ2) is 8.06. The highest BCUT2D eigenvalue weighted by Gasteiger charge is 2.04. The lowest BCUT2D eigenvalue weighted by molar-refractivity contribution is -0.123. The van der Waals surface area contributed by atoms with Gasteiger partial charge in [-0.2, -0.15) is 10.2 Å². The highest BCUT2D eigenvalue weighted by molar-refractivity contribution is 5.99. The number of hydrazone groups is 1. The van der Waals surface area contributed by atoms with Crippen molar-refractivity contribution in [2.45, 2.75) is 13.8 Å². The Kier molecular flexibility index (Phi) is 5.38. The number of carbonyl (C=O) groups is 1. The molecule has 0 radical (unpaired) electrons. The Balaban J connectivity index is 1.55. The maximum Gasteiger partial charge on any atom is 0.277 e. The minimum absolute atomic E-state index is 0.0918. The Morgan fingerprint density at radius 3 is 2.73 bits per heavy atom. The highest BCUT2D eigenvalue weighted by Crippen LogP contribution is 2.12. The quantitative estimate of drug-likeness (QED) is 0.548. The van der Waals surface area contributed by atoms with Crippen LogP contribution in [0.4, 0.5) is 0 Å². The van der Waals surface area contributed by atoms with Crippen molar-refractivity contribution in [2.75, 3.05) is 6.61 Å². The summed E-state index contributed by atoms with van der Waals surface area (Å²) in [5, 5.41) is 8.19. The number of aromatic nitrogens is 3. The van der Waals surface area contributed by atoms with E-state index in [1.165, 1.54) is 6.33 Å². The summed E-state index contributed by atoms with van der Waals surface area (Å²) >= 11 is 0.